The predicted octanol–water partition coefficient (Wildman–Crippen LogP) is 5.18. The summed E-state index contributed by atoms with van der Waals surface area (Å²) in [4.78, 5) is 0. The van der Waals surface area contributed by atoms with Gasteiger partial charge in [0.25, 0.3) is 0 Å². The number of aromatic hydroxyl groups is 1. The molecule has 1 N–H and O–H groups in total. The molecule has 0 atom stereocenters. The van der Waals surface area contributed by atoms with Crippen LogP contribution in [0.4, 0.5) is 0 Å². The van der Waals surface area contributed by atoms with Gasteiger partial charge in [-0.1, -0.05) is 48.6 Å². The van der Waals surface area contributed by atoms with Crippen molar-refractivity contribution in [2.24, 2.45) is 0 Å². The van der Waals surface area contributed by atoms with E-state index in [2.05, 4.69) is 30.4 Å². The number of phenols is 1. The topological polar surface area (TPSA) is 29.5 Å². The molecule has 0 heterocycles. The van der Waals surface area contributed by atoms with E-state index in [9.17, 15) is 5.11 Å². The van der Waals surface area contributed by atoms with E-state index < -0.39 is 0 Å². The number of allylic oxidation sites excluding steroid dienone is 1. The molecule has 0 saturated carbocycles. The molecule has 114 valence electrons. The first-order chi connectivity index (χ1) is 11.3. The molecule has 1 aliphatic rings. The predicted molar refractivity (Wildman–Crippen MR) is 95.0 cm³/mol. The van der Waals surface area contributed by atoms with Gasteiger partial charge in [0.2, 0.25) is 0 Å². The number of methoxy groups -OCH3 is 1. The molecule has 0 aromatic heterocycles. The van der Waals surface area contributed by atoms with Crippen LogP contribution in [0.25, 0.3) is 28.0 Å². The first-order valence-corrected chi connectivity index (χ1v) is 7.87. The Hall–Kier alpha value is -2.74. The van der Waals surface area contributed by atoms with Gasteiger partial charge in [-0.3, -0.25) is 0 Å². The molecular formula is C21H18O2. The molecule has 4 rings (SSSR count). The highest BCUT2D eigenvalue weighted by molar-refractivity contribution is 6.02. The van der Waals surface area contributed by atoms with E-state index in [4.69, 9.17) is 4.74 Å². The summed E-state index contributed by atoms with van der Waals surface area (Å²) < 4.78 is 5.63. The number of benzene rings is 3. The van der Waals surface area contributed by atoms with Gasteiger partial charge < -0.3 is 9.84 Å². The van der Waals surface area contributed by atoms with Crippen molar-refractivity contribution in [1.82, 2.24) is 0 Å². The van der Waals surface area contributed by atoms with Crippen LogP contribution >= 0.6 is 0 Å². The average Bonchev–Trinajstić information content (AvgIpc) is 2.61. The zero-order valence-electron chi connectivity index (χ0n) is 13.0. The lowest BCUT2D eigenvalue weighted by atomic mass is 9.86. The fourth-order valence-electron chi connectivity index (χ4n) is 3.47. The summed E-state index contributed by atoms with van der Waals surface area (Å²) in [6.45, 7) is 0. The quantitative estimate of drug-likeness (QED) is 0.706. The molecule has 1 aliphatic carbocycles. The Morgan fingerprint density at radius 3 is 2.70 bits per heavy atom. The first-order valence-electron chi connectivity index (χ1n) is 7.87. The second-order valence-electron chi connectivity index (χ2n) is 5.83. The Morgan fingerprint density at radius 2 is 1.83 bits per heavy atom. The average molecular weight is 302 g/mol. The van der Waals surface area contributed by atoms with E-state index in [0.29, 0.717) is 5.75 Å². The van der Waals surface area contributed by atoms with E-state index in [1.54, 1.807) is 13.2 Å². The normalized spacial score (nSPS) is 13.1. The minimum absolute atomic E-state index is 0.296. The molecule has 2 heteroatoms. The molecule has 0 bridgehead atoms. The van der Waals surface area contributed by atoms with Crippen LogP contribution in [-0.2, 0) is 6.42 Å². The molecule has 0 amide bonds. The van der Waals surface area contributed by atoms with Crippen molar-refractivity contribution in [2.75, 3.05) is 7.11 Å². The van der Waals surface area contributed by atoms with Crippen LogP contribution in [0, 0.1) is 0 Å². The molecule has 0 spiro atoms. The van der Waals surface area contributed by atoms with Crippen LogP contribution < -0.4 is 4.74 Å². The third kappa shape index (κ3) is 2.18. The molecular weight excluding hydrogens is 284 g/mol. The molecule has 0 aliphatic heterocycles. The van der Waals surface area contributed by atoms with Gasteiger partial charge in [0.05, 0.1) is 7.11 Å². The van der Waals surface area contributed by atoms with Gasteiger partial charge >= 0.3 is 0 Å². The highest BCUT2D eigenvalue weighted by atomic mass is 16.5. The Morgan fingerprint density at radius 1 is 0.957 bits per heavy atom. The van der Waals surface area contributed by atoms with Crippen molar-refractivity contribution in [3.8, 4) is 22.6 Å². The number of hydrogen-bond acceptors (Lipinski definition) is 2. The smallest absolute Gasteiger partial charge is 0.127 e. The van der Waals surface area contributed by atoms with Gasteiger partial charge in [-0.15, -0.1) is 0 Å². The summed E-state index contributed by atoms with van der Waals surface area (Å²) in [5.41, 5.74) is 4.34. The molecule has 0 saturated heterocycles. The highest BCUT2D eigenvalue weighted by Gasteiger charge is 2.20. The van der Waals surface area contributed by atoms with Crippen LogP contribution in [0.1, 0.15) is 17.5 Å². The molecule has 0 fully saturated rings. The van der Waals surface area contributed by atoms with Gasteiger partial charge in [0, 0.05) is 11.1 Å². The number of phenolic OH excluding ortho intramolecular Hbond substituents is 1. The summed E-state index contributed by atoms with van der Waals surface area (Å²) in [5, 5.41) is 12.8. The van der Waals surface area contributed by atoms with Crippen molar-refractivity contribution in [3.63, 3.8) is 0 Å². The summed E-state index contributed by atoms with van der Waals surface area (Å²) in [6, 6.07) is 16.0. The maximum atomic E-state index is 10.6. The number of rotatable bonds is 2. The molecule has 0 unspecified atom stereocenters. The van der Waals surface area contributed by atoms with Crippen LogP contribution in [0.15, 0.2) is 54.6 Å². The lowest BCUT2D eigenvalue weighted by Crippen LogP contribution is -2.01. The third-order valence-electron chi connectivity index (χ3n) is 4.55. The van der Waals surface area contributed by atoms with Crippen molar-refractivity contribution in [1.29, 1.82) is 0 Å². The van der Waals surface area contributed by atoms with Gasteiger partial charge in [0.15, 0.2) is 0 Å². The lowest BCUT2D eigenvalue weighted by molar-refractivity contribution is 0.415. The molecule has 2 nitrogen and oxygen atoms in total. The largest absolute Gasteiger partial charge is 0.507 e. The van der Waals surface area contributed by atoms with Crippen LogP contribution in [0.2, 0.25) is 0 Å². The summed E-state index contributed by atoms with van der Waals surface area (Å²) in [6.07, 6.45) is 6.32. The monoisotopic (exact) mass is 302 g/mol. The Bertz CT molecular complexity index is 923. The zero-order chi connectivity index (χ0) is 15.8. The maximum absolute atomic E-state index is 10.6. The molecule has 3 aromatic rings. The number of ether oxygens (including phenoxy) is 1. The second-order valence-corrected chi connectivity index (χ2v) is 5.83. The Labute approximate surface area is 135 Å². The van der Waals surface area contributed by atoms with Crippen molar-refractivity contribution < 1.29 is 9.84 Å². The van der Waals surface area contributed by atoms with Crippen molar-refractivity contribution in [2.45, 2.75) is 12.8 Å². The van der Waals surface area contributed by atoms with Gasteiger partial charge in [0.1, 0.15) is 11.5 Å². The summed E-state index contributed by atoms with van der Waals surface area (Å²) in [5.74, 6) is 1.11. The van der Waals surface area contributed by atoms with Crippen LogP contribution in [0.3, 0.4) is 0 Å². The number of hydrogen-bond donors (Lipinski definition) is 1. The summed E-state index contributed by atoms with van der Waals surface area (Å²) >= 11 is 0. The number of fused-ring (bicyclic) bond motifs is 2. The van der Waals surface area contributed by atoms with Crippen LogP contribution in [0.5, 0.6) is 11.5 Å². The summed E-state index contributed by atoms with van der Waals surface area (Å²) in [7, 11) is 1.69. The van der Waals surface area contributed by atoms with E-state index in [-0.39, 0.29) is 0 Å². The van der Waals surface area contributed by atoms with E-state index >= 15 is 0 Å². The third-order valence-corrected chi connectivity index (χ3v) is 4.55. The molecule has 0 radical (unpaired) electrons. The van der Waals surface area contributed by atoms with Crippen LogP contribution in [-0.4, -0.2) is 12.2 Å². The van der Waals surface area contributed by atoms with Gasteiger partial charge in [-0.25, -0.2) is 0 Å². The van der Waals surface area contributed by atoms with Crippen molar-refractivity contribution >= 4 is 16.8 Å². The Kier molecular flexibility index (Phi) is 3.30. The maximum Gasteiger partial charge on any atom is 0.127 e. The SMILES string of the molecule is COc1ccc2c(c1-c1c(O)ccc3ccccc13)CCC=C2. The first kappa shape index (κ1) is 13.9. The second kappa shape index (κ2) is 5.47. The van der Waals surface area contributed by atoms with Gasteiger partial charge in [-0.05, 0) is 46.9 Å². The molecule has 23 heavy (non-hydrogen) atoms. The highest BCUT2D eigenvalue weighted by Crippen LogP contribution is 2.45. The molecule has 3 aromatic carbocycles. The fraction of sp³-hybridized carbons (Fsp3) is 0.143. The zero-order valence-corrected chi connectivity index (χ0v) is 13.0. The minimum atomic E-state index is 0.296. The standard InChI is InChI=1S/C21H18O2/c1-23-19-13-11-15-7-3-5-9-17(15)21(19)20-16-8-4-2-6-14(16)10-12-18(20)22/h2-4,6-8,10-13,22H,5,9H2,1H3. The Balaban J connectivity index is 2.13. The van der Waals surface area contributed by atoms with E-state index in [0.717, 1.165) is 40.5 Å². The van der Waals surface area contributed by atoms with Crippen molar-refractivity contribution in [3.05, 3.63) is 65.7 Å². The minimum Gasteiger partial charge on any atom is -0.507 e. The fourth-order valence-corrected chi connectivity index (χ4v) is 3.47. The van der Waals surface area contributed by atoms with Gasteiger partial charge in [-0.2, -0.15) is 0 Å². The lowest BCUT2D eigenvalue weighted by Gasteiger charge is -2.21. The van der Waals surface area contributed by atoms with E-state index in [1.165, 1.54) is 11.1 Å². The van der Waals surface area contributed by atoms with E-state index in [1.807, 2.05) is 24.3 Å².